The number of nitrogens with zero attached hydrogens (tertiary/aromatic N) is 2. The molecule has 0 aliphatic carbocycles. The second-order valence-electron chi connectivity index (χ2n) is 3.16. The molecule has 0 radical (unpaired) electrons. The van der Waals surface area contributed by atoms with Crippen molar-refractivity contribution in [2.75, 3.05) is 0 Å². The average molecular weight is 169 g/mol. The Hall–Kier alpha value is -0.900. The molecule has 1 heterocycles. The van der Waals surface area contributed by atoms with Crippen LogP contribution in [-0.2, 0) is 0 Å². The summed E-state index contributed by atoms with van der Waals surface area (Å²) in [4.78, 5) is 4.18. The van der Waals surface area contributed by atoms with E-state index in [2.05, 4.69) is 10.1 Å². The van der Waals surface area contributed by atoms with E-state index in [4.69, 9.17) is 10.3 Å². The van der Waals surface area contributed by atoms with E-state index in [0.717, 1.165) is 12.2 Å². The monoisotopic (exact) mass is 169 g/mol. The molecular formula is C8H15N3O. The molecule has 12 heavy (non-hydrogen) atoms. The van der Waals surface area contributed by atoms with Gasteiger partial charge in [0, 0.05) is 5.92 Å². The molecule has 1 aromatic rings. The second-order valence-corrected chi connectivity index (χ2v) is 3.16. The Bertz CT molecular complexity index is 244. The first-order chi connectivity index (χ1) is 5.65. The van der Waals surface area contributed by atoms with Gasteiger partial charge < -0.3 is 10.3 Å². The second kappa shape index (κ2) is 3.67. The fraction of sp³-hybridized carbons (Fsp3) is 0.750. The zero-order valence-corrected chi connectivity index (χ0v) is 7.74. The van der Waals surface area contributed by atoms with Gasteiger partial charge in [-0.25, -0.2) is 0 Å². The maximum absolute atomic E-state index is 5.71. The summed E-state index contributed by atoms with van der Waals surface area (Å²) in [5.74, 6) is 1.57. The van der Waals surface area contributed by atoms with Gasteiger partial charge in [0.15, 0.2) is 5.82 Å². The molecule has 0 aliphatic heterocycles. The molecule has 0 saturated carbocycles. The highest BCUT2D eigenvalue weighted by Crippen LogP contribution is 2.14. The lowest BCUT2D eigenvalue weighted by Gasteiger charge is -1.99. The van der Waals surface area contributed by atoms with Crippen LogP contribution in [0.4, 0.5) is 0 Å². The Kier molecular flexibility index (Phi) is 2.81. The van der Waals surface area contributed by atoms with E-state index in [0.29, 0.717) is 11.8 Å². The van der Waals surface area contributed by atoms with Crippen LogP contribution in [0.25, 0.3) is 0 Å². The molecule has 1 rings (SSSR count). The minimum atomic E-state index is -0.120. The Morgan fingerprint density at radius 1 is 1.50 bits per heavy atom. The summed E-state index contributed by atoms with van der Waals surface area (Å²) in [6, 6.07) is -0.120. The number of rotatable bonds is 3. The molecule has 0 spiro atoms. The average Bonchev–Trinajstić information content (AvgIpc) is 2.51. The van der Waals surface area contributed by atoms with Crippen molar-refractivity contribution in [2.45, 2.75) is 39.2 Å². The lowest BCUT2D eigenvalue weighted by atomic mass is 10.2. The third kappa shape index (κ3) is 1.82. The van der Waals surface area contributed by atoms with Gasteiger partial charge >= 0.3 is 0 Å². The summed E-state index contributed by atoms with van der Waals surface area (Å²) in [6.07, 6.45) is 0.819. The zero-order valence-electron chi connectivity index (χ0n) is 7.74. The van der Waals surface area contributed by atoms with Crippen molar-refractivity contribution in [3.63, 3.8) is 0 Å². The van der Waals surface area contributed by atoms with E-state index in [1.807, 2.05) is 20.8 Å². The molecule has 0 unspecified atom stereocenters. The SMILES string of the molecule is CC[C@H](N)c1nc(C(C)C)no1. The van der Waals surface area contributed by atoms with Crippen molar-refractivity contribution in [1.29, 1.82) is 0 Å². The van der Waals surface area contributed by atoms with Crippen molar-refractivity contribution in [1.82, 2.24) is 10.1 Å². The van der Waals surface area contributed by atoms with Crippen molar-refractivity contribution in [2.24, 2.45) is 5.73 Å². The Morgan fingerprint density at radius 3 is 2.58 bits per heavy atom. The summed E-state index contributed by atoms with van der Waals surface area (Å²) in [6.45, 7) is 6.03. The lowest BCUT2D eigenvalue weighted by molar-refractivity contribution is 0.347. The molecule has 0 bridgehead atoms. The van der Waals surface area contributed by atoms with Gasteiger partial charge in [-0.3, -0.25) is 0 Å². The van der Waals surface area contributed by atoms with Crippen LogP contribution in [0.5, 0.6) is 0 Å². The summed E-state index contributed by atoms with van der Waals surface area (Å²) < 4.78 is 4.99. The largest absolute Gasteiger partial charge is 0.338 e. The van der Waals surface area contributed by atoms with Crippen LogP contribution in [0.15, 0.2) is 4.52 Å². The standard InChI is InChI=1S/C8H15N3O/c1-4-6(9)8-10-7(5(2)3)11-12-8/h5-6H,4,9H2,1-3H3/t6-/m0/s1. The number of aromatic nitrogens is 2. The summed E-state index contributed by atoms with van der Waals surface area (Å²) >= 11 is 0. The fourth-order valence-corrected chi connectivity index (χ4v) is 0.807. The zero-order chi connectivity index (χ0) is 9.14. The van der Waals surface area contributed by atoms with Crippen molar-refractivity contribution < 1.29 is 4.52 Å². The summed E-state index contributed by atoms with van der Waals surface area (Å²) in [5, 5.41) is 3.82. The van der Waals surface area contributed by atoms with Crippen molar-refractivity contribution in [3.05, 3.63) is 11.7 Å². The third-order valence-corrected chi connectivity index (χ3v) is 1.73. The third-order valence-electron chi connectivity index (χ3n) is 1.73. The molecule has 0 fully saturated rings. The van der Waals surface area contributed by atoms with Crippen LogP contribution in [0.3, 0.4) is 0 Å². The van der Waals surface area contributed by atoms with Crippen LogP contribution < -0.4 is 5.73 Å². The predicted octanol–water partition coefficient (Wildman–Crippen LogP) is 1.60. The predicted molar refractivity (Wildman–Crippen MR) is 45.6 cm³/mol. The highest BCUT2D eigenvalue weighted by atomic mass is 16.5. The Balaban J connectivity index is 2.77. The molecule has 4 nitrogen and oxygen atoms in total. The topological polar surface area (TPSA) is 64.9 Å². The minimum absolute atomic E-state index is 0.120. The molecule has 4 heteroatoms. The van der Waals surface area contributed by atoms with E-state index in [1.165, 1.54) is 0 Å². The van der Waals surface area contributed by atoms with Crippen LogP contribution in [-0.4, -0.2) is 10.1 Å². The summed E-state index contributed by atoms with van der Waals surface area (Å²) in [7, 11) is 0. The van der Waals surface area contributed by atoms with Crippen LogP contribution in [0.2, 0.25) is 0 Å². The maximum Gasteiger partial charge on any atom is 0.243 e. The molecule has 1 aromatic heterocycles. The number of nitrogens with two attached hydrogens (primary N) is 1. The highest BCUT2D eigenvalue weighted by molar-refractivity contribution is 4.94. The number of hydrogen-bond donors (Lipinski definition) is 1. The summed E-state index contributed by atoms with van der Waals surface area (Å²) in [5.41, 5.74) is 5.71. The molecule has 2 N–H and O–H groups in total. The molecule has 68 valence electrons. The van der Waals surface area contributed by atoms with E-state index < -0.39 is 0 Å². The number of hydrogen-bond acceptors (Lipinski definition) is 4. The Labute approximate surface area is 72.1 Å². The van der Waals surface area contributed by atoms with Crippen molar-refractivity contribution >= 4 is 0 Å². The smallest absolute Gasteiger partial charge is 0.243 e. The van der Waals surface area contributed by atoms with Gasteiger partial charge in [-0.1, -0.05) is 25.9 Å². The van der Waals surface area contributed by atoms with Gasteiger partial charge in [0.25, 0.3) is 0 Å². The first kappa shape index (κ1) is 9.19. The fourth-order valence-electron chi connectivity index (χ4n) is 0.807. The van der Waals surface area contributed by atoms with Gasteiger partial charge in [-0.15, -0.1) is 0 Å². The lowest BCUT2D eigenvalue weighted by Crippen LogP contribution is -2.09. The van der Waals surface area contributed by atoms with Gasteiger partial charge in [0.2, 0.25) is 5.89 Å². The molecular weight excluding hydrogens is 154 g/mol. The molecule has 0 saturated heterocycles. The first-order valence-corrected chi connectivity index (χ1v) is 4.24. The van der Waals surface area contributed by atoms with Gasteiger partial charge in [0.1, 0.15) is 0 Å². The molecule has 0 aromatic carbocycles. The molecule has 0 aliphatic rings. The van der Waals surface area contributed by atoms with Crippen molar-refractivity contribution in [3.8, 4) is 0 Å². The van der Waals surface area contributed by atoms with E-state index in [-0.39, 0.29) is 6.04 Å². The first-order valence-electron chi connectivity index (χ1n) is 4.24. The maximum atomic E-state index is 5.71. The van der Waals surface area contributed by atoms with E-state index in [1.54, 1.807) is 0 Å². The van der Waals surface area contributed by atoms with Crippen LogP contribution >= 0.6 is 0 Å². The van der Waals surface area contributed by atoms with Gasteiger partial charge in [-0.05, 0) is 6.42 Å². The van der Waals surface area contributed by atoms with Gasteiger partial charge in [-0.2, -0.15) is 4.98 Å². The highest BCUT2D eigenvalue weighted by Gasteiger charge is 2.13. The minimum Gasteiger partial charge on any atom is -0.338 e. The van der Waals surface area contributed by atoms with Crippen LogP contribution in [0.1, 0.15) is 50.9 Å². The Morgan fingerprint density at radius 2 is 2.17 bits per heavy atom. The van der Waals surface area contributed by atoms with Crippen LogP contribution in [0, 0.1) is 0 Å². The quantitative estimate of drug-likeness (QED) is 0.746. The van der Waals surface area contributed by atoms with E-state index in [9.17, 15) is 0 Å². The molecule has 1 atom stereocenters. The van der Waals surface area contributed by atoms with Gasteiger partial charge in [0.05, 0.1) is 6.04 Å². The molecule has 0 amide bonds. The normalized spacial score (nSPS) is 13.8. The van der Waals surface area contributed by atoms with E-state index >= 15 is 0 Å².